The Morgan fingerprint density at radius 2 is 1.86 bits per heavy atom. The number of unbranched alkanes of at least 4 members (excludes halogenated alkanes) is 1. The minimum atomic E-state index is -0.788. The van der Waals surface area contributed by atoms with Gasteiger partial charge in [-0.1, -0.05) is 12.8 Å². The molecule has 122 valence electrons. The van der Waals surface area contributed by atoms with E-state index in [0.717, 1.165) is 45.1 Å². The SMILES string of the molecule is CN(C(=O)O)C1CCC(CCCCN2CCOCC2)CC1. The molecule has 1 aliphatic carbocycles. The molecule has 1 heterocycles. The first-order chi connectivity index (χ1) is 10.2. The van der Waals surface area contributed by atoms with Gasteiger partial charge in [-0.15, -0.1) is 0 Å². The normalized spacial score (nSPS) is 27.5. The van der Waals surface area contributed by atoms with Crippen molar-refractivity contribution in [1.82, 2.24) is 9.80 Å². The fourth-order valence-electron chi connectivity index (χ4n) is 3.57. The predicted octanol–water partition coefficient (Wildman–Crippen LogP) is 2.66. The molecule has 1 saturated carbocycles. The Bertz CT molecular complexity index is 311. The summed E-state index contributed by atoms with van der Waals surface area (Å²) in [6.45, 7) is 5.17. The first-order valence-electron chi connectivity index (χ1n) is 8.42. The molecule has 0 spiro atoms. The number of carboxylic acid groups (broad SMARTS) is 1. The van der Waals surface area contributed by atoms with E-state index in [0.29, 0.717) is 0 Å². The Morgan fingerprint density at radius 3 is 2.48 bits per heavy atom. The van der Waals surface area contributed by atoms with Crippen LogP contribution in [0.25, 0.3) is 0 Å². The molecule has 0 unspecified atom stereocenters. The molecule has 2 fully saturated rings. The fourth-order valence-corrected chi connectivity index (χ4v) is 3.57. The lowest BCUT2D eigenvalue weighted by atomic mass is 9.82. The number of carbonyl (C=O) groups is 1. The summed E-state index contributed by atoms with van der Waals surface area (Å²) in [5.41, 5.74) is 0. The van der Waals surface area contributed by atoms with E-state index < -0.39 is 6.09 Å². The van der Waals surface area contributed by atoms with Gasteiger partial charge in [0.05, 0.1) is 13.2 Å². The summed E-state index contributed by atoms with van der Waals surface area (Å²) in [5, 5.41) is 9.01. The second-order valence-corrected chi connectivity index (χ2v) is 6.52. The standard InChI is InChI=1S/C16H30N2O3/c1-17(16(19)20)15-7-5-14(6-8-15)4-2-3-9-18-10-12-21-13-11-18/h14-15H,2-13H2,1H3,(H,19,20). The van der Waals surface area contributed by atoms with Crippen LogP contribution in [-0.4, -0.2) is 66.9 Å². The highest BCUT2D eigenvalue weighted by Crippen LogP contribution is 2.30. The molecule has 0 atom stereocenters. The average molecular weight is 298 g/mol. The average Bonchev–Trinajstić information content (AvgIpc) is 2.52. The van der Waals surface area contributed by atoms with Gasteiger partial charge in [-0.05, 0) is 44.6 Å². The topological polar surface area (TPSA) is 53.0 Å². The van der Waals surface area contributed by atoms with Crippen LogP contribution in [0.2, 0.25) is 0 Å². The van der Waals surface area contributed by atoms with Crippen LogP contribution >= 0.6 is 0 Å². The van der Waals surface area contributed by atoms with Crippen LogP contribution in [0.4, 0.5) is 4.79 Å². The van der Waals surface area contributed by atoms with Crippen molar-refractivity contribution in [1.29, 1.82) is 0 Å². The summed E-state index contributed by atoms with van der Waals surface area (Å²) in [6.07, 6.45) is 7.58. The molecule has 0 aromatic carbocycles. The van der Waals surface area contributed by atoms with E-state index >= 15 is 0 Å². The van der Waals surface area contributed by atoms with Crippen molar-refractivity contribution in [3.63, 3.8) is 0 Å². The molecule has 5 heteroatoms. The van der Waals surface area contributed by atoms with Gasteiger partial charge in [0, 0.05) is 26.2 Å². The minimum Gasteiger partial charge on any atom is -0.465 e. The summed E-state index contributed by atoms with van der Waals surface area (Å²) in [4.78, 5) is 15.0. The van der Waals surface area contributed by atoms with Crippen molar-refractivity contribution < 1.29 is 14.6 Å². The zero-order chi connectivity index (χ0) is 15.1. The Labute approximate surface area is 128 Å². The van der Waals surface area contributed by atoms with Gasteiger partial charge in [0.2, 0.25) is 0 Å². The summed E-state index contributed by atoms with van der Waals surface area (Å²) in [5.74, 6) is 0.813. The Kier molecular flexibility index (Phi) is 6.77. The zero-order valence-electron chi connectivity index (χ0n) is 13.3. The maximum atomic E-state index is 11.0. The van der Waals surface area contributed by atoms with E-state index in [-0.39, 0.29) is 6.04 Å². The maximum absolute atomic E-state index is 11.0. The molecule has 0 aromatic heterocycles. The van der Waals surface area contributed by atoms with E-state index in [2.05, 4.69) is 4.90 Å². The molecule has 2 aliphatic rings. The molecule has 0 aromatic rings. The van der Waals surface area contributed by atoms with Crippen LogP contribution in [0.15, 0.2) is 0 Å². The second kappa shape index (κ2) is 8.59. The number of amides is 1. The summed E-state index contributed by atoms with van der Waals surface area (Å²) >= 11 is 0. The highest BCUT2D eigenvalue weighted by Gasteiger charge is 2.25. The quantitative estimate of drug-likeness (QED) is 0.766. The summed E-state index contributed by atoms with van der Waals surface area (Å²) in [6, 6.07) is 0.243. The van der Waals surface area contributed by atoms with Gasteiger partial charge in [-0.3, -0.25) is 4.90 Å². The molecule has 21 heavy (non-hydrogen) atoms. The van der Waals surface area contributed by atoms with Gasteiger partial charge in [0.1, 0.15) is 0 Å². The first-order valence-corrected chi connectivity index (χ1v) is 8.42. The number of ether oxygens (including phenoxy) is 1. The molecular weight excluding hydrogens is 268 g/mol. The van der Waals surface area contributed by atoms with E-state index in [1.165, 1.54) is 43.5 Å². The van der Waals surface area contributed by atoms with E-state index in [1.807, 2.05) is 0 Å². The Hall–Kier alpha value is -0.810. The minimum absolute atomic E-state index is 0.243. The fraction of sp³-hybridized carbons (Fsp3) is 0.938. The van der Waals surface area contributed by atoms with Gasteiger partial charge in [0.15, 0.2) is 0 Å². The number of morpholine rings is 1. The summed E-state index contributed by atoms with van der Waals surface area (Å²) < 4.78 is 5.36. The van der Waals surface area contributed by atoms with Crippen LogP contribution in [-0.2, 0) is 4.74 Å². The van der Waals surface area contributed by atoms with Crippen LogP contribution in [0.3, 0.4) is 0 Å². The monoisotopic (exact) mass is 298 g/mol. The van der Waals surface area contributed by atoms with E-state index in [9.17, 15) is 4.79 Å². The van der Waals surface area contributed by atoms with Crippen molar-refractivity contribution in [3.8, 4) is 0 Å². The van der Waals surface area contributed by atoms with Gasteiger partial charge in [-0.2, -0.15) is 0 Å². The van der Waals surface area contributed by atoms with Crippen molar-refractivity contribution in [2.24, 2.45) is 5.92 Å². The number of nitrogens with zero attached hydrogens (tertiary/aromatic N) is 2. The third kappa shape index (κ3) is 5.47. The van der Waals surface area contributed by atoms with Crippen molar-refractivity contribution in [2.75, 3.05) is 39.9 Å². The molecular formula is C16H30N2O3. The Morgan fingerprint density at radius 1 is 1.19 bits per heavy atom. The predicted molar refractivity (Wildman–Crippen MR) is 82.6 cm³/mol. The van der Waals surface area contributed by atoms with Gasteiger partial charge < -0.3 is 14.7 Å². The molecule has 1 N–H and O–H groups in total. The third-order valence-electron chi connectivity index (χ3n) is 5.11. The van der Waals surface area contributed by atoms with Gasteiger partial charge >= 0.3 is 6.09 Å². The highest BCUT2D eigenvalue weighted by atomic mass is 16.5. The maximum Gasteiger partial charge on any atom is 0.407 e. The molecule has 1 amide bonds. The third-order valence-corrected chi connectivity index (χ3v) is 5.11. The van der Waals surface area contributed by atoms with Gasteiger partial charge in [0.25, 0.3) is 0 Å². The molecule has 2 rings (SSSR count). The highest BCUT2D eigenvalue weighted by molar-refractivity contribution is 5.64. The van der Waals surface area contributed by atoms with Crippen molar-refractivity contribution in [3.05, 3.63) is 0 Å². The molecule has 5 nitrogen and oxygen atoms in total. The largest absolute Gasteiger partial charge is 0.465 e. The van der Waals surface area contributed by atoms with Crippen molar-refractivity contribution >= 4 is 6.09 Å². The lowest BCUT2D eigenvalue weighted by Crippen LogP contribution is -2.38. The van der Waals surface area contributed by atoms with E-state index in [1.54, 1.807) is 7.05 Å². The lowest BCUT2D eigenvalue weighted by Gasteiger charge is -2.33. The first kappa shape index (κ1) is 16.6. The number of rotatable bonds is 6. The zero-order valence-corrected chi connectivity index (χ0v) is 13.3. The second-order valence-electron chi connectivity index (χ2n) is 6.52. The van der Waals surface area contributed by atoms with Crippen molar-refractivity contribution in [2.45, 2.75) is 51.0 Å². The number of hydrogen-bond donors (Lipinski definition) is 1. The molecule has 0 bridgehead atoms. The van der Waals surface area contributed by atoms with Crippen LogP contribution in [0.5, 0.6) is 0 Å². The smallest absolute Gasteiger partial charge is 0.407 e. The van der Waals surface area contributed by atoms with Crippen LogP contribution in [0, 0.1) is 5.92 Å². The molecule has 0 radical (unpaired) electrons. The number of hydrogen-bond acceptors (Lipinski definition) is 3. The van der Waals surface area contributed by atoms with Gasteiger partial charge in [-0.25, -0.2) is 4.79 Å². The van der Waals surface area contributed by atoms with Crippen LogP contribution in [0.1, 0.15) is 44.9 Å². The van der Waals surface area contributed by atoms with Crippen LogP contribution < -0.4 is 0 Å². The Balaban J connectivity index is 1.53. The van der Waals surface area contributed by atoms with E-state index in [4.69, 9.17) is 9.84 Å². The summed E-state index contributed by atoms with van der Waals surface area (Å²) in [7, 11) is 1.70. The molecule has 1 saturated heterocycles. The molecule has 1 aliphatic heterocycles. The lowest BCUT2D eigenvalue weighted by molar-refractivity contribution is 0.0369.